The van der Waals surface area contributed by atoms with Crippen molar-refractivity contribution in [1.82, 2.24) is 0 Å². The van der Waals surface area contributed by atoms with Crippen LogP contribution in [0.3, 0.4) is 0 Å². The summed E-state index contributed by atoms with van der Waals surface area (Å²) in [6.07, 6.45) is 0. The van der Waals surface area contributed by atoms with Crippen LogP contribution in [0, 0.1) is 10.8 Å². The second-order valence-electron chi connectivity index (χ2n) is 20.4. The molecule has 0 spiro atoms. The highest BCUT2D eigenvalue weighted by molar-refractivity contribution is 8.14. The number of carbonyl (C=O) groups excluding carboxylic acids is 2. The zero-order valence-electron chi connectivity index (χ0n) is 46.8. The van der Waals surface area contributed by atoms with Gasteiger partial charge in [0, 0.05) is 0 Å². The predicted octanol–water partition coefficient (Wildman–Crippen LogP) is 12.7. The minimum atomic E-state index is -3.37. The monoisotopic (exact) mass is 1090 g/mol. The average Bonchev–Trinajstić information content (AvgIpc) is 3.45. The van der Waals surface area contributed by atoms with Crippen LogP contribution in [0.1, 0.15) is 103 Å². The summed E-state index contributed by atoms with van der Waals surface area (Å²) in [5.74, 6) is 1.66. The van der Waals surface area contributed by atoms with Gasteiger partial charge in [0.05, 0.1) is 87.9 Å². The van der Waals surface area contributed by atoms with Crippen LogP contribution < -0.4 is 9.79 Å². The number of hydrogen-bond acceptors (Lipinski definition) is 9. The Bertz CT molecular complexity index is 2210. The molecule has 0 aliphatic heterocycles. The molecule has 0 unspecified atom stereocenters. The lowest BCUT2D eigenvalue weighted by molar-refractivity contribution is -0.920. The van der Waals surface area contributed by atoms with Crippen molar-refractivity contribution in [3.8, 4) is 0 Å². The summed E-state index contributed by atoms with van der Waals surface area (Å²) in [5, 5.41) is 0.374. The fraction of sp³-hybridized carbons (Fsp3) is 0.406. The van der Waals surface area contributed by atoms with Crippen molar-refractivity contribution in [1.29, 1.82) is 0 Å². The lowest BCUT2D eigenvalue weighted by Crippen LogP contribution is -2.49. The highest BCUT2D eigenvalue weighted by atomic mass is 32.2. The molecule has 12 heteroatoms. The molecule has 6 aromatic rings. The number of hydrogen-bond donors (Lipinski definition) is 0. The minimum absolute atomic E-state index is 0.187. The maximum absolute atomic E-state index is 13.4. The quantitative estimate of drug-likeness (QED) is 0.0297. The van der Waals surface area contributed by atoms with E-state index in [0.29, 0.717) is 13.2 Å². The number of quaternary nitrogens is 2. The van der Waals surface area contributed by atoms with Crippen molar-refractivity contribution in [2.75, 3.05) is 77.1 Å². The first kappa shape index (κ1) is 63.8. The van der Waals surface area contributed by atoms with Crippen molar-refractivity contribution >= 4 is 42.0 Å². The van der Waals surface area contributed by atoms with Gasteiger partial charge in [0.15, 0.2) is 10.2 Å². The molecule has 6 rings (SSSR count). The van der Waals surface area contributed by atoms with Crippen molar-refractivity contribution in [3.63, 3.8) is 0 Å². The molecule has 6 aromatic carbocycles. The third kappa shape index (κ3) is 17.1. The molecular formula is C64H84N2O7PS2+. The van der Waals surface area contributed by atoms with Gasteiger partial charge in [-0.15, -0.1) is 0 Å². The normalized spacial score (nSPS) is 12.2. The summed E-state index contributed by atoms with van der Waals surface area (Å²) in [5.41, 5.74) is 3.41. The Balaban J connectivity index is 0.000000307. The molecular weight excluding hydrogens is 1000 g/mol. The smallest absolute Gasteiger partial charge is 0.276 e. The molecule has 0 fully saturated rings. The van der Waals surface area contributed by atoms with Crippen LogP contribution in [-0.2, 0) is 34.8 Å². The molecule has 0 heterocycles. The lowest BCUT2D eigenvalue weighted by Gasteiger charge is -2.38. The molecule has 9 nitrogen and oxygen atoms in total. The molecule has 0 saturated heterocycles. The highest BCUT2D eigenvalue weighted by Gasteiger charge is 2.42. The van der Waals surface area contributed by atoms with Gasteiger partial charge in [-0.05, 0) is 103 Å². The van der Waals surface area contributed by atoms with Gasteiger partial charge >= 0.3 is 0 Å². The Labute approximate surface area is 465 Å². The summed E-state index contributed by atoms with van der Waals surface area (Å²) in [6.45, 7) is 30.7. The maximum Gasteiger partial charge on any atom is 0.276 e. The summed E-state index contributed by atoms with van der Waals surface area (Å²) in [7, 11) is -3.37. The Morgan fingerprint density at radius 3 is 0.763 bits per heavy atom. The number of nitrogens with zero attached hydrogens (tertiary/aromatic N) is 2. The first-order valence-electron chi connectivity index (χ1n) is 26.9. The van der Waals surface area contributed by atoms with E-state index >= 15 is 0 Å². The first-order valence-corrected chi connectivity index (χ1v) is 29.9. The Kier molecular flexibility index (Phi) is 26.0. The molecule has 0 aliphatic carbocycles. The summed E-state index contributed by atoms with van der Waals surface area (Å²) in [6, 6.07) is 62.1. The molecule has 0 radical (unpaired) electrons. The second kappa shape index (κ2) is 31.0. The summed E-state index contributed by atoms with van der Waals surface area (Å²) < 4.78 is 24.5. The van der Waals surface area contributed by atoms with Crippen LogP contribution in [-0.4, -0.2) is 96.3 Å². The number of rotatable bonds is 26. The van der Waals surface area contributed by atoms with Crippen LogP contribution in [0.2, 0.25) is 0 Å². The lowest BCUT2D eigenvalue weighted by atomic mass is 9.79. The number of carbonyl (C=O) groups is 2. The van der Waals surface area contributed by atoms with Gasteiger partial charge in [-0.2, -0.15) is 0 Å². The van der Waals surface area contributed by atoms with Crippen LogP contribution in [0.4, 0.5) is 0 Å². The van der Waals surface area contributed by atoms with E-state index in [1.54, 1.807) is 0 Å². The van der Waals surface area contributed by atoms with E-state index in [0.717, 1.165) is 106 Å². The van der Waals surface area contributed by atoms with E-state index in [9.17, 15) is 9.59 Å². The Morgan fingerprint density at radius 2 is 0.592 bits per heavy atom. The summed E-state index contributed by atoms with van der Waals surface area (Å²) in [4.78, 5) is 43.8. The number of thioether (sulfide) groups is 2. The average molecular weight is 1090 g/mol. The molecule has 408 valence electrons. The predicted molar refractivity (Wildman–Crippen MR) is 314 cm³/mol. The van der Waals surface area contributed by atoms with Gasteiger partial charge in [-0.25, -0.2) is 0 Å². The van der Waals surface area contributed by atoms with Crippen molar-refractivity contribution in [2.45, 2.75) is 80.4 Å². The topological polar surface area (TPSA) is 116 Å². The SMILES string of the molecule is CC[N+](CC)(CC)CCSC(=O)C(C)(C)COC(c1ccccc1)(c1ccccc1)c1ccccc1.CC[N+](CC)(CC)CCSC(=O)C(C)(C)COC(c1ccccc1)(c1ccccc1)c1ccccc1.O=[P+]([O-])[O-]. The Morgan fingerprint density at radius 1 is 0.408 bits per heavy atom. The van der Waals surface area contributed by atoms with Crippen molar-refractivity contribution in [3.05, 3.63) is 215 Å². The minimum Gasteiger partial charge on any atom is -0.598 e. The van der Waals surface area contributed by atoms with E-state index in [1.807, 2.05) is 137 Å². The van der Waals surface area contributed by atoms with E-state index < -0.39 is 30.3 Å². The van der Waals surface area contributed by atoms with Gasteiger partial charge in [0.2, 0.25) is 0 Å². The van der Waals surface area contributed by atoms with Crippen LogP contribution in [0.5, 0.6) is 0 Å². The molecule has 0 aromatic heterocycles. The third-order valence-electron chi connectivity index (χ3n) is 15.1. The first-order chi connectivity index (χ1) is 36.4. The van der Waals surface area contributed by atoms with Crippen molar-refractivity contribution < 1.29 is 42.4 Å². The molecule has 0 aliphatic rings. The van der Waals surface area contributed by atoms with Crippen LogP contribution >= 0.6 is 31.8 Å². The molecule has 0 amide bonds. The zero-order valence-corrected chi connectivity index (χ0v) is 49.3. The van der Waals surface area contributed by atoms with Gasteiger partial charge in [-0.3, -0.25) is 9.59 Å². The van der Waals surface area contributed by atoms with E-state index in [4.69, 9.17) is 23.8 Å². The van der Waals surface area contributed by atoms with Crippen LogP contribution in [0.25, 0.3) is 0 Å². The van der Waals surface area contributed by atoms with Crippen molar-refractivity contribution in [2.24, 2.45) is 10.8 Å². The van der Waals surface area contributed by atoms with E-state index in [1.165, 1.54) is 23.5 Å². The molecule has 0 bridgehead atoms. The van der Waals surface area contributed by atoms with Crippen LogP contribution in [0.15, 0.2) is 182 Å². The van der Waals surface area contributed by atoms with E-state index in [-0.39, 0.29) is 10.2 Å². The second-order valence-corrected chi connectivity index (χ2v) is 23.0. The number of ether oxygens (including phenoxy) is 2. The molecule has 76 heavy (non-hydrogen) atoms. The number of benzene rings is 6. The largest absolute Gasteiger partial charge is 0.598 e. The zero-order chi connectivity index (χ0) is 55.7. The standard InChI is InChI=1S/2C32H42NO2S.HO3P/c2*1-6-33(7-2,8-3)24-25-36-30(34)31(4,5)26-35-32(27-18-12-9-13-19-27,28-20-14-10-15-21-28)29-22-16-11-17-23-29;1-4(2)3/h2*9-23H,6-8,24-26H2,1-5H3;(H,1,2,3)/q2*+1;/p-1. The molecule has 0 atom stereocenters. The fourth-order valence-electron chi connectivity index (χ4n) is 9.58. The molecule has 0 saturated carbocycles. The van der Waals surface area contributed by atoms with Gasteiger partial charge < -0.3 is 28.2 Å². The van der Waals surface area contributed by atoms with E-state index in [2.05, 4.69) is 114 Å². The fourth-order valence-corrected chi connectivity index (χ4v) is 11.8. The maximum atomic E-state index is 13.4. The Hall–Kier alpha value is -4.78. The van der Waals surface area contributed by atoms with Gasteiger partial charge in [0.1, 0.15) is 11.2 Å². The highest BCUT2D eigenvalue weighted by Crippen LogP contribution is 2.44. The van der Waals surface area contributed by atoms with Gasteiger partial charge in [0.25, 0.3) is 8.25 Å². The van der Waals surface area contributed by atoms with Gasteiger partial charge in [-0.1, -0.05) is 210 Å². The summed E-state index contributed by atoms with van der Waals surface area (Å²) >= 11 is 2.92. The molecule has 0 N–H and O–H groups in total. The third-order valence-corrected chi connectivity index (χ3v) is 17.5.